The molecule has 1 aromatic heterocycles. The lowest BCUT2D eigenvalue weighted by Gasteiger charge is -2.17. The molecule has 0 fully saturated rings. The SMILES string of the molecule is CC(NC(=O)c1cnn(-c2ccccc2F)c1C(F)(F)F)c1cccc(OC(F)F)c1. The molecule has 31 heavy (non-hydrogen) atoms. The van der Waals surface area contributed by atoms with E-state index in [1.54, 1.807) is 0 Å². The van der Waals surface area contributed by atoms with Gasteiger partial charge in [0.1, 0.15) is 17.3 Å². The fraction of sp³-hybridized carbons (Fsp3) is 0.200. The zero-order valence-corrected chi connectivity index (χ0v) is 15.8. The maximum absolute atomic E-state index is 14.0. The molecule has 3 rings (SSSR count). The van der Waals surface area contributed by atoms with Gasteiger partial charge in [-0.2, -0.15) is 27.1 Å². The minimum absolute atomic E-state index is 0.169. The predicted octanol–water partition coefficient (Wildman–Crippen LogP) is 5.12. The van der Waals surface area contributed by atoms with Crippen LogP contribution in [0.2, 0.25) is 0 Å². The standard InChI is InChI=1S/C20H15F6N3O2/c1-11(12-5-4-6-13(9-12)31-19(22)23)28-18(30)14-10-27-29(17(14)20(24,25)26)16-8-3-2-7-15(16)21/h2-11,19H,1H3,(H,28,30). The number of halogens is 6. The van der Waals surface area contributed by atoms with Gasteiger partial charge in [0, 0.05) is 0 Å². The average molecular weight is 443 g/mol. The van der Waals surface area contributed by atoms with Crippen LogP contribution in [0.25, 0.3) is 5.69 Å². The Morgan fingerprint density at radius 2 is 1.84 bits per heavy atom. The smallest absolute Gasteiger partial charge is 0.434 e. The topological polar surface area (TPSA) is 56.2 Å². The molecule has 1 atom stereocenters. The number of nitrogens with one attached hydrogen (secondary N) is 1. The molecule has 0 saturated heterocycles. The molecule has 0 aliphatic carbocycles. The number of amides is 1. The van der Waals surface area contributed by atoms with E-state index in [9.17, 15) is 31.1 Å². The van der Waals surface area contributed by atoms with Crippen molar-refractivity contribution in [2.45, 2.75) is 25.8 Å². The van der Waals surface area contributed by atoms with Gasteiger partial charge >= 0.3 is 12.8 Å². The molecule has 2 aromatic carbocycles. The van der Waals surface area contributed by atoms with Gasteiger partial charge in [-0.25, -0.2) is 9.07 Å². The van der Waals surface area contributed by atoms with Crippen LogP contribution >= 0.6 is 0 Å². The van der Waals surface area contributed by atoms with Gasteiger partial charge in [-0.15, -0.1) is 0 Å². The molecule has 0 aliphatic rings. The molecule has 1 amide bonds. The van der Waals surface area contributed by atoms with Gasteiger partial charge in [0.25, 0.3) is 5.91 Å². The van der Waals surface area contributed by atoms with Crippen molar-refractivity contribution in [2.24, 2.45) is 0 Å². The zero-order chi connectivity index (χ0) is 22.8. The highest BCUT2D eigenvalue weighted by atomic mass is 19.4. The Hall–Kier alpha value is -3.50. The third-order valence-electron chi connectivity index (χ3n) is 4.29. The number of hydrogen-bond acceptors (Lipinski definition) is 3. The third-order valence-corrected chi connectivity index (χ3v) is 4.29. The Balaban J connectivity index is 1.91. The molecule has 0 spiro atoms. The molecule has 3 aromatic rings. The quantitative estimate of drug-likeness (QED) is 0.538. The number of alkyl halides is 5. The van der Waals surface area contributed by atoms with E-state index < -0.39 is 47.5 Å². The number of carbonyl (C=O) groups is 1. The lowest BCUT2D eigenvalue weighted by molar-refractivity contribution is -0.143. The summed E-state index contributed by atoms with van der Waals surface area (Å²) in [6.07, 6.45) is -4.33. The van der Waals surface area contributed by atoms with Gasteiger partial charge in [-0.05, 0) is 36.8 Å². The second-order valence-corrected chi connectivity index (χ2v) is 6.41. The summed E-state index contributed by atoms with van der Waals surface area (Å²) in [6.45, 7) is -1.60. The third kappa shape index (κ3) is 4.98. The van der Waals surface area contributed by atoms with Crippen LogP contribution < -0.4 is 10.1 Å². The normalized spacial score (nSPS) is 12.6. The fourth-order valence-electron chi connectivity index (χ4n) is 2.91. The second-order valence-electron chi connectivity index (χ2n) is 6.41. The highest BCUT2D eigenvalue weighted by Gasteiger charge is 2.41. The summed E-state index contributed by atoms with van der Waals surface area (Å²) >= 11 is 0. The van der Waals surface area contributed by atoms with Crippen molar-refractivity contribution in [2.75, 3.05) is 0 Å². The van der Waals surface area contributed by atoms with Crippen molar-refractivity contribution in [3.05, 3.63) is 77.4 Å². The van der Waals surface area contributed by atoms with E-state index in [0.29, 0.717) is 16.4 Å². The number of ether oxygens (including phenoxy) is 1. The first-order chi connectivity index (χ1) is 14.6. The number of rotatable bonds is 6. The molecular weight excluding hydrogens is 428 g/mol. The summed E-state index contributed by atoms with van der Waals surface area (Å²) in [7, 11) is 0. The maximum atomic E-state index is 14.0. The second kappa shape index (κ2) is 8.70. The minimum atomic E-state index is -5.01. The summed E-state index contributed by atoms with van der Waals surface area (Å²) < 4.78 is 84.5. The van der Waals surface area contributed by atoms with Gasteiger partial charge in [-0.3, -0.25) is 4.79 Å². The van der Waals surface area contributed by atoms with Crippen molar-refractivity contribution in [3.8, 4) is 11.4 Å². The summed E-state index contributed by atoms with van der Waals surface area (Å²) in [6, 6.07) is 9.21. The average Bonchev–Trinajstić information content (AvgIpc) is 3.13. The molecular formula is C20H15F6N3O2. The molecule has 164 valence electrons. The first-order valence-electron chi connectivity index (χ1n) is 8.83. The number of para-hydroxylation sites is 1. The number of hydrogen-bond donors (Lipinski definition) is 1. The number of nitrogens with zero attached hydrogens (tertiary/aromatic N) is 2. The highest BCUT2D eigenvalue weighted by molar-refractivity contribution is 5.95. The Bertz CT molecular complexity index is 1080. The largest absolute Gasteiger partial charge is 0.435 e. The lowest BCUT2D eigenvalue weighted by atomic mass is 10.1. The Kier molecular flexibility index (Phi) is 6.23. The van der Waals surface area contributed by atoms with Gasteiger partial charge in [0.05, 0.1) is 17.8 Å². The van der Waals surface area contributed by atoms with Gasteiger partial charge in [-0.1, -0.05) is 24.3 Å². The van der Waals surface area contributed by atoms with Crippen LogP contribution in [0.15, 0.2) is 54.7 Å². The molecule has 1 heterocycles. The Labute approximate surface area is 172 Å². The molecule has 0 saturated carbocycles. The zero-order valence-electron chi connectivity index (χ0n) is 15.8. The molecule has 0 aliphatic heterocycles. The van der Waals surface area contributed by atoms with E-state index >= 15 is 0 Å². The highest BCUT2D eigenvalue weighted by Crippen LogP contribution is 2.34. The monoisotopic (exact) mass is 443 g/mol. The van der Waals surface area contributed by atoms with Crippen molar-refractivity contribution in [3.63, 3.8) is 0 Å². The first kappa shape index (κ1) is 22.2. The molecule has 1 unspecified atom stereocenters. The predicted molar refractivity (Wildman–Crippen MR) is 97.5 cm³/mol. The molecule has 5 nitrogen and oxygen atoms in total. The lowest BCUT2D eigenvalue weighted by Crippen LogP contribution is -2.29. The van der Waals surface area contributed by atoms with E-state index in [1.165, 1.54) is 43.3 Å². The van der Waals surface area contributed by atoms with Crippen LogP contribution in [0.4, 0.5) is 26.3 Å². The van der Waals surface area contributed by atoms with Crippen LogP contribution in [0.3, 0.4) is 0 Å². The van der Waals surface area contributed by atoms with E-state index in [1.807, 2.05) is 0 Å². The molecule has 0 bridgehead atoms. The van der Waals surface area contributed by atoms with E-state index in [4.69, 9.17) is 0 Å². The van der Waals surface area contributed by atoms with Crippen molar-refractivity contribution >= 4 is 5.91 Å². The van der Waals surface area contributed by atoms with Gasteiger partial charge < -0.3 is 10.1 Å². The van der Waals surface area contributed by atoms with E-state index in [0.717, 1.165) is 12.1 Å². The van der Waals surface area contributed by atoms with Gasteiger partial charge in [0.2, 0.25) is 0 Å². The van der Waals surface area contributed by atoms with Crippen LogP contribution in [0.1, 0.15) is 34.6 Å². The minimum Gasteiger partial charge on any atom is -0.435 e. The summed E-state index contributed by atoms with van der Waals surface area (Å²) in [5, 5.41) is 5.91. The molecule has 11 heteroatoms. The number of aromatic nitrogens is 2. The van der Waals surface area contributed by atoms with E-state index in [-0.39, 0.29) is 5.75 Å². The number of carbonyl (C=O) groups excluding carboxylic acids is 1. The summed E-state index contributed by atoms with van der Waals surface area (Å²) in [5.41, 5.74) is -2.42. The number of benzene rings is 2. The molecule has 1 N–H and O–H groups in total. The van der Waals surface area contributed by atoms with Crippen molar-refractivity contribution < 1.29 is 35.9 Å². The first-order valence-corrected chi connectivity index (χ1v) is 8.83. The van der Waals surface area contributed by atoms with Crippen LogP contribution in [-0.4, -0.2) is 22.3 Å². The van der Waals surface area contributed by atoms with Crippen molar-refractivity contribution in [1.82, 2.24) is 15.1 Å². The fourth-order valence-corrected chi connectivity index (χ4v) is 2.91. The van der Waals surface area contributed by atoms with Gasteiger partial charge in [0.15, 0.2) is 5.69 Å². The maximum Gasteiger partial charge on any atom is 0.434 e. The van der Waals surface area contributed by atoms with E-state index in [2.05, 4.69) is 15.2 Å². The Morgan fingerprint density at radius 1 is 1.13 bits per heavy atom. The van der Waals surface area contributed by atoms with Crippen molar-refractivity contribution in [1.29, 1.82) is 0 Å². The Morgan fingerprint density at radius 3 is 2.48 bits per heavy atom. The summed E-state index contributed by atoms with van der Waals surface area (Å²) in [5.74, 6) is -2.24. The molecule has 0 radical (unpaired) electrons. The summed E-state index contributed by atoms with van der Waals surface area (Å²) in [4.78, 5) is 12.6. The van der Waals surface area contributed by atoms with Crippen LogP contribution in [-0.2, 0) is 6.18 Å². The van der Waals surface area contributed by atoms with Crippen LogP contribution in [0.5, 0.6) is 5.75 Å². The van der Waals surface area contributed by atoms with Crippen LogP contribution in [0, 0.1) is 5.82 Å².